The maximum absolute atomic E-state index is 13.1. The number of para-hydroxylation sites is 1. The summed E-state index contributed by atoms with van der Waals surface area (Å²) in [7, 11) is 3.27. The van der Waals surface area contributed by atoms with E-state index in [9.17, 15) is 18.0 Å². The number of rotatable bonds is 6. The quantitative estimate of drug-likeness (QED) is 0.686. The Balaban J connectivity index is 2.13. The molecule has 0 bridgehead atoms. The second-order valence-electron chi connectivity index (χ2n) is 6.08. The number of methoxy groups -OCH3 is 1. The van der Waals surface area contributed by atoms with Gasteiger partial charge < -0.3 is 10.1 Å². The zero-order valence-electron chi connectivity index (χ0n) is 15.1. The highest BCUT2D eigenvalue weighted by atomic mass is 79.9. The number of ether oxygens (including phenoxy) is 1. The van der Waals surface area contributed by atoms with Crippen LogP contribution in [0.3, 0.4) is 0 Å². The van der Waals surface area contributed by atoms with Gasteiger partial charge in [-0.15, -0.1) is 0 Å². The van der Waals surface area contributed by atoms with Gasteiger partial charge in [0, 0.05) is 16.6 Å². The minimum absolute atomic E-state index is 0.254. The Kier molecular flexibility index (Phi) is 6.89. The fourth-order valence-corrected chi connectivity index (χ4v) is 2.96. The smallest absolute Gasteiger partial charge is 0.418 e. The lowest BCUT2D eigenvalue weighted by Gasteiger charge is -2.25. The number of benzene rings is 2. The molecule has 2 rings (SSSR count). The first-order chi connectivity index (χ1) is 12.6. The topological polar surface area (TPSA) is 41.6 Å². The molecule has 0 aliphatic carbocycles. The summed E-state index contributed by atoms with van der Waals surface area (Å²) in [5, 5.41) is 2.38. The number of carbonyl (C=O) groups is 1. The molecule has 8 heteroatoms. The van der Waals surface area contributed by atoms with Gasteiger partial charge in [-0.05, 0) is 44.3 Å². The number of nitrogens with one attached hydrogen (secondary N) is 1. The summed E-state index contributed by atoms with van der Waals surface area (Å²) in [6.45, 7) is 2.02. The lowest BCUT2D eigenvalue weighted by Crippen LogP contribution is -2.39. The molecule has 0 aliphatic rings. The van der Waals surface area contributed by atoms with E-state index in [0.29, 0.717) is 12.3 Å². The van der Waals surface area contributed by atoms with E-state index in [-0.39, 0.29) is 5.69 Å². The van der Waals surface area contributed by atoms with E-state index >= 15 is 0 Å². The zero-order valence-corrected chi connectivity index (χ0v) is 16.7. The number of alkyl halides is 3. The lowest BCUT2D eigenvalue weighted by atomic mass is 10.1. The first-order valence-electron chi connectivity index (χ1n) is 8.13. The Morgan fingerprint density at radius 2 is 1.93 bits per heavy atom. The summed E-state index contributed by atoms with van der Waals surface area (Å²) >= 11 is 3.39. The summed E-state index contributed by atoms with van der Waals surface area (Å²) in [5.74, 6) is 0.142. The molecule has 27 heavy (non-hydrogen) atoms. The van der Waals surface area contributed by atoms with E-state index in [1.54, 1.807) is 32.0 Å². The van der Waals surface area contributed by atoms with Crippen LogP contribution in [0.5, 0.6) is 5.75 Å². The molecule has 0 aromatic heterocycles. The third kappa shape index (κ3) is 5.46. The SMILES string of the molecule is COc1ccc(Br)cc1CN(C)C(C)C(=O)Nc1ccccc1C(F)(F)F. The maximum atomic E-state index is 13.1. The standard InChI is InChI=1S/C19H20BrF3N2O2/c1-12(25(2)11-13-10-14(20)8-9-17(13)27-3)18(26)24-16-7-5-4-6-15(16)19(21,22)23/h4-10,12H,11H2,1-3H3,(H,24,26). The van der Waals surface area contributed by atoms with E-state index < -0.39 is 23.7 Å². The van der Waals surface area contributed by atoms with Gasteiger partial charge in [0.25, 0.3) is 0 Å². The first kappa shape index (κ1) is 21.2. The van der Waals surface area contributed by atoms with Crippen LogP contribution < -0.4 is 10.1 Å². The molecule has 0 fully saturated rings. The van der Waals surface area contributed by atoms with Crippen LogP contribution in [0.2, 0.25) is 0 Å². The molecule has 1 atom stereocenters. The lowest BCUT2D eigenvalue weighted by molar-refractivity contribution is -0.137. The molecule has 2 aromatic rings. The highest BCUT2D eigenvalue weighted by molar-refractivity contribution is 9.10. The number of carbonyl (C=O) groups excluding carboxylic acids is 1. The van der Waals surface area contributed by atoms with Crippen LogP contribution >= 0.6 is 15.9 Å². The maximum Gasteiger partial charge on any atom is 0.418 e. The normalized spacial score (nSPS) is 12.7. The molecule has 2 aromatic carbocycles. The van der Waals surface area contributed by atoms with Crippen LogP contribution in [0.25, 0.3) is 0 Å². The average molecular weight is 445 g/mol. The van der Waals surface area contributed by atoms with Crippen LogP contribution in [0.1, 0.15) is 18.1 Å². The molecule has 0 saturated carbocycles. The van der Waals surface area contributed by atoms with E-state index in [1.165, 1.54) is 18.2 Å². The Morgan fingerprint density at radius 3 is 2.56 bits per heavy atom. The van der Waals surface area contributed by atoms with Crippen molar-refractivity contribution in [3.8, 4) is 5.75 Å². The fourth-order valence-electron chi connectivity index (χ4n) is 2.55. The summed E-state index contributed by atoms with van der Waals surface area (Å²) in [6, 6.07) is 9.78. The number of hydrogen-bond acceptors (Lipinski definition) is 3. The second-order valence-corrected chi connectivity index (χ2v) is 7.00. The van der Waals surface area contributed by atoms with Gasteiger partial charge in [0.15, 0.2) is 0 Å². The van der Waals surface area contributed by atoms with Gasteiger partial charge >= 0.3 is 6.18 Å². The number of anilines is 1. The average Bonchev–Trinajstić information content (AvgIpc) is 2.60. The molecule has 0 aliphatic heterocycles. The molecule has 0 spiro atoms. The van der Waals surface area contributed by atoms with Gasteiger partial charge in [-0.1, -0.05) is 28.1 Å². The molecule has 1 N–H and O–H groups in total. The van der Waals surface area contributed by atoms with Gasteiger partial charge in [-0.25, -0.2) is 0 Å². The van der Waals surface area contributed by atoms with Gasteiger partial charge in [0.05, 0.1) is 24.4 Å². The molecule has 0 radical (unpaired) electrons. The van der Waals surface area contributed by atoms with Crippen molar-refractivity contribution in [2.45, 2.75) is 25.7 Å². The number of hydrogen-bond donors (Lipinski definition) is 1. The Bertz CT molecular complexity index is 812. The van der Waals surface area contributed by atoms with Gasteiger partial charge in [0.2, 0.25) is 5.91 Å². The molecule has 0 saturated heterocycles. The number of likely N-dealkylation sites (N-methyl/N-ethyl adjacent to an activating group) is 1. The molecule has 1 amide bonds. The highest BCUT2D eigenvalue weighted by Gasteiger charge is 2.34. The van der Waals surface area contributed by atoms with E-state index in [0.717, 1.165) is 16.1 Å². The summed E-state index contributed by atoms with van der Waals surface area (Å²) in [4.78, 5) is 14.2. The highest BCUT2D eigenvalue weighted by Crippen LogP contribution is 2.34. The Hall–Kier alpha value is -2.06. The van der Waals surface area contributed by atoms with Crippen LogP contribution in [0.4, 0.5) is 18.9 Å². The molecule has 4 nitrogen and oxygen atoms in total. The van der Waals surface area contributed by atoms with Crippen molar-refractivity contribution in [1.29, 1.82) is 0 Å². The minimum atomic E-state index is -4.54. The molecular weight excluding hydrogens is 425 g/mol. The van der Waals surface area contributed by atoms with Crippen molar-refractivity contribution in [1.82, 2.24) is 4.90 Å². The minimum Gasteiger partial charge on any atom is -0.496 e. The van der Waals surface area contributed by atoms with E-state index in [1.807, 2.05) is 12.1 Å². The number of amides is 1. The molecule has 0 heterocycles. The largest absolute Gasteiger partial charge is 0.496 e. The Labute approximate surface area is 164 Å². The second kappa shape index (κ2) is 8.75. The number of nitrogens with zero attached hydrogens (tertiary/aromatic N) is 1. The van der Waals surface area contributed by atoms with Crippen LogP contribution in [-0.4, -0.2) is 31.0 Å². The molecular formula is C19H20BrF3N2O2. The van der Waals surface area contributed by atoms with E-state index in [2.05, 4.69) is 21.2 Å². The number of halogens is 4. The third-order valence-corrected chi connectivity index (χ3v) is 4.69. The summed E-state index contributed by atoms with van der Waals surface area (Å²) in [6.07, 6.45) is -4.54. The van der Waals surface area contributed by atoms with Crippen LogP contribution in [-0.2, 0) is 17.5 Å². The van der Waals surface area contributed by atoms with Crippen molar-refractivity contribution in [2.24, 2.45) is 0 Å². The van der Waals surface area contributed by atoms with Gasteiger partial charge in [-0.3, -0.25) is 9.69 Å². The van der Waals surface area contributed by atoms with Crippen LogP contribution in [0.15, 0.2) is 46.9 Å². The summed E-state index contributed by atoms with van der Waals surface area (Å²) < 4.78 is 45.4. The van der Waals surface area contributed by atoms with Crippen molar-refractivity contribution < 1.29 is 22.7 Å². The molecule has 1 unspecified atom stereocenters. The Morgan fingerprint density at radius 1 is 1.26 bits per heavy atom. The first-order valence-corrected chi connectivity index (χ1v) is 8.92. The fraction of sp³-hybridized carbons (Fsp3) is 0.316. The predicted octanol–water partition coefficient (Wildman–Crippen LogP) is 4.94. The van der Waals surface area contributed by atoms with Crippen LogP contribution in [0, 0.1) is 0 Å². The van der Waals surface area contributed by atoms with E-state index in [4.69, 9.17) is 4.74 Å². The van der Waals surface area contributed by atoms with Gasteiger partial charge in [0.1, 0.15) is 5.75 Å². The van der Waals surface area contributed by atoms with Gasteiger partial charge in [-0.2, -0.15) is 13.2 Å². The summed E-state index contributed by atoms with van der Waals surface area (Å²) in [5.41, 5.74) is -0.276. The van der Waals surface area contributed by atoms with Crippen molar-refractivity contribution in [2.75, 3.05) is 19.5 Å². The van der Waals surface area contributed by atoms with Crippen molar-refractivity contribution >= 4 is 27.5 Å². The predicted molar refractivity (Wildman–Crippen MR) is 102 cm³/mol. The monoisotopic (exact) mass is 444 g/mol. The van der Waals surface area contributed by atoms with Crippen molar-refractivity contribution in [3.63, 3.8) is 0 Å². The third-order valence-electron chi connectivity index (χ3n) is 4.19. The van der Waals surface area contributed by atoms with Crippen molar-refractivity contribution in [3.05, 3.63) is 58.1 Å². The molecule has 146 valence electrons. The zero-order chi connectivity index (χ0) is 20.2.